The van der Waals surface area contributed by atoms with Crippen molar-refractivity contribution in [3.05, 3.63) is 58.4 Å². The second-order valence-electron chi connectivity index (χ2n) is 7.82. The Morgan fingerprint density at radius 3 is 2.68 bits per heavy atom. The van der Waals surface area contributed by atoms with Gasteiger partial charge in [0.2, 0.25) is 0 Å². The lowest BCUT2D eigenvalue weighted by Crippen LogP contribution is -2.46. The molecule has 10 nitrogen and oxygen atoms in total. The van der Waals surface area contributed by atoms with Gasteiger partial charge in [0.05, 0.1) is 53.6 Å². The third kappa shape index (κ3) is 2.90. The summed E-state index contributed by atoms with van der Waals surface area (Å²) in [6, 6.07) is 3.41. The number of pyridine rings is 1. The molecule has 1 aliphatic carbocycles. The van der Waals surface area contributed by atoms with Crippen LogP contribution in [0.15, 0.2) is 36.9 Å². The molecule has 158 valence electrons. The minimum Gasteiger partial charge on any atom is -0.379 e. The molecule has 4 aromatic heterocycles. The monoisotopic (exact) mass is 458 g/mol. The molecular weight excluding hydrogens is 443 g/mol. The maximum Gasteiger partial charge on any atom is 0.193 e. The van der Waals surface area contributed by atoms with Crippen molar-refractivity contribution in [1.82, 2.24) is 34.6 Å². The zero-order chi connectivity index (χ0) is 21.2. The molecular formula is C19H16Cl2N8O2. The van der Waals surface area contributed by atoms with Crippen LogP contribution in [-0.2, 0) is 10.2 Å². The summed E-state index contributed by atoms with van der Waals surface area (Å²) in [5, 5.41) is 27.4. The van der Waals surface area contributed by atoms with E-state index in [9.17, 15) is 5.11 Å². The van der Waals surface area contributed by atoms with E-state index in [2.05, 4.69) is 30.6 Å². The van der Waals surface area contributed by atoms with Crippen LogP contribution in [0.25, 0.3) is 11.5 Å². The van der Waals surface area contributed by atoms with Gasteiger partial charge in [0.1, 0.15) is 6.23 Å². The van der Waals surface area contributed by atoms with Gasteiger partial charge in [0.25, 0.3) is 0 Å². The number of halogens is 2. The molecule has 2 unspecified atom stereocenters. The van der Waals surface area contributed by atoms with E-state index in [0.29, 0.717) is 47.0 Å². The lowest BCUT2D eigenvalue weighted by atomic mass is 9.82. The number of nitrogens with one attached hydrogen (secondary N) is 1. The van der Waals surface area contributed by atoms with Crippen LogP contribution in [0.5, 0.6) is 0 Å². The molecule has 6 rings (SSSR count). The van der Waals surface area contributed by atoms with E-state index in [1.807, 2.05) is 0 Å². The highest BCUT2D eigenvalue weighted by Crippen LogP contribution is 2.51. The Balaban J connectivity index is 1.32. The van der Waals surface area contributed by atoms with Gasteiger partial charge in [-0.3, -0.25) is 0 Å². The first-order valence-corrected chi connectivity index (χ1v) is 10.4. The van der Waals surface area contributed by atoms with Gasteiger partial charge in [0.15, 0.2) is 16.6 Å². The van der Waals surface area contributed by atoms with Gasteiger partial charge < -0.3 is 15.2 Å². The number of aromatic nitrogens is 7. The van der Waals surface area contributed by atoms with Gasteiger partial charge in [-0.05, 0) is 12.5 Å². The zero-order valence-electron chi connectivity index (χ0n) is 16.0. The molecule has 0 bridgehead atoms. The van der Waals surface area contributed by atoms with E-state index in [0.717, 1.165) is 11.3 Å². The molecule has 0 amide bonds. The van der Waals surface area contributed by atoms with Gasteiger partial charge in [-0.1, -0.05) is 23.2 Å². The van der Waals surface area contributed by atoms with Crippen LogP contribution in [0.1, 0.15) is 23.6 Å². The molecule has 5 heterocycles. The van der Waals surface area contributed by atoms with Crippen molar-refractivity contribution < 1.29 is 9.84 Å². The van der Waals surface area contributed by atoms with Gasteiger partial charge in [-0.25, -0.2) is 14.5 Å². The summed E-state index contributed by atoms with van der Waals surface area (Å²) in [6.45, 7) is 1.14. The Morgan fingerprint density at radius 1 is 1.16 bits per heavy atom. The third-order valence-electron chi connectivity index (χ3n) is 5.88. The molecule has 0 aromatic carbocycles. The lowest BCUT2D eigenvalue weighted by molar-refractivity contribution is -0.0667. The number of aliphatic hydroxyl groups excluding tert-OH is 1. The van der Waals surface area contributed by atoms with Crippen LogP contribution in [-0.4, -0.2) is 59.1 Å². The third-order valence-corrected chi connectivity index (χ3v) is 6.34. The maximum absolute atomic E-state index is 11.1. The summed E-state index contributed by atoms with van der Waals surface area (Å²) in [5.74, 6) is 0.190. The Kier molecular flexibility index (Phi) is 4.19. The molecule has 1 saturated heterocycles. The van der Waals surface area contributed by atoms with Crippen LogP contribution >= 0.6 is 23.2 Å². The number of nitrogens with zero attached hydrogens (tertiary/aromatic N) is 7. The van der Waals surface area contributed by atoms with Crippen LogP contribution < -0.4 is 5.32 Å². The Labute approximate surface area is 185 Å². The van der Waals surface area contributed by atoms with Crippen LogP contribution in [0.4, 0.5) is 5.69 Å². The number of fused-ring (bicyclic) bond motifs is 4. The zero-order valence-corrected chi connectivity index (χ0v) is 17.5. The molecule has 1 spiro atoms. The lowest BCUT2D eigenvalue weighted by Gasteiger charge is -2.39. The molecule has 2 aliphatic rings. The van der Waals surface area contributed by atoms with Crippen molar-refractivity contribution in [2.24, 2.45) is 0 Å². The smallest absolute Gasteiger partial charge is 0.193 e. The van der Waals surface area contributed by atoms with Gasteiger partial charge >= 0.3 is 0 Å². The van der Waals surface area contributed by atoms with Crippen molar-refractivity contribution in [1.29, 1.82) is 0 Å². The normalized spacial score (nSPS) is 20.0. The molecule has 12 heteroatoms. The SMILES string of the molecule is OC(Nc1cnc(-n2nccn2)c(Cl)c1)C1CC2(COC2)c2c1cnc1cc(Cl)nn21. The first kappa shape index (κ1) is 18.9. The Bertz CT molecular complexity index is 1290. The molecule has 0 saturated carbocycles. The molecule has 2 atom stereocenters. The summed E-state index contributed by atoms with van der Waals surface area (Å²) in [5.41, 5.74) is 2.96. The quantitative estimate of drug-likeness (QED) is 0.447. The largest absolute Gasteiger partial charge is 0.379 e. The highest BCUT2D eigenvalue weighted by molar-refractivity contribution is 6.32. The van der Waals surface area contributed by atoms with Crippen molar-refractivity contribution in [2.75, 3.05) is 18.5 Å². The summed E-state index contributed by atoms with van der Waals surface area (Å²) in [4.78, 5) is 10.1. The number of hydrogen-bond donors (Lipinski definition) is 2. The standard InChI is InChI=1S/C19H16Cl2N8O2/c20-13-3-10(6-23-17(13)29-24-1-2-25-29)26-18(30)11-5-19(8-31-9-19)16-12(11)7-22-15-4-14(21)27-28(15)16/h1-4,6-7,11,18,26,30H,5,8-9H2. The Morgan fingerprint density at radius 2 is 1.97 bits per heavy atom. The number of aliphatic hydroxyl groups is 1. The van der Waals surface area contributed by atoms with Gasteiger partial charge in [0, 0.05) is 23.7 Å². The number of rotatable bonds is 4. The topological polar surface area (TPSA) is 115 Å². The number of ether oxygens (including phenoxy) is 1. The van der Waals surface area contributed by atoms with E-state index in [1.54, 1.807) is 41.4 Å². The second-order valence-corrected chi connectivity index (χ2v) is 8.61. The summed E-state index contributed by atoms with van der Waals surface area (Å²) in [7, 11) is 0. The van der Waals surface area contributed by atoms with Crippen LogP contribution in [0.2, 0.25) is 10.2 Å². The van der Waals surface area contributed by atoms with E-state index in [-0.39, 0.29) is 11.3 Å². The average molecular weight is 459 g/mol. The summed E-state index contributed by atoms with van der Waals surface area (Å²) >= 11 is 12.5. The van der Waals surface area contributed by atoms with Crippen molar-refractivity contribution in [2.45, 2.75) is 24.0 Å². The highest BCUT2D eigenvalue weighted by atomic mass is 35.5. The van der Waals surface area contributed by atoms with E-state index < -0.39 is 6.23 Å². The summed E-state index contributed by atoms with van der Waals surface area (Å²) in [6.07, 6.45) is 6.27. The fourth-order valence-corrected chi connectivity index (χ4v) is 4.90. The average Bonchev–Trinajstić information content (AvgIpc) is 3.43. The van der Waals surface area contributed by atoms with E-state index >= 15 is 0 Å². The first-order chi connectivity index (χ1) is 15.0. The maximum atomic E-state index is 11.1. The molecule has 0 radical (unpaired) electrons. The predicted octanol–water partition coefficient (Wildman–Crippen LogP) is 2.20. The fourth-order valence-electron chi connectivity index (χ4n) is 4.49. The van der Waals surface area contributed by atoms with Crippen molar-refractivity contribution in [3.8, 4) is 5.82 Å². The predicted molar refractivity (Wildman–Crippen MR) is 112 cm³/mol. The number of hydrogen-bond acceptors (Lipinski definition) is 8. The van der Waals surface area contributed by atoms with Crippen molar-refractivity contribution in [3.63, 3.8) is 0 Å². The summed E-state index contributed by atoms with van der Waals surface area (Å²) < 4.78 is 7.32. The molecule has 1 fully saturated rings. The van der Waals surface area contributed by atoms with Crippen LogP contribution in [0, 0.1) is 0 Å². The molecule has 4 aromatic rings. The van der Waals surface area contributed by atoms with Crippen molar-refractivity contribution >= 4 is 34.5 Å². The highest BCUT2D eigenvalue weighted by Gasteiger charge is 2.53. The van der Waals surface area contributed by atoms with Crippen LogP contribution in [0.3, 0.4) is 0 Å². The molecule has 2 N–H and O–H groups in total. The van der Waals surface area contributed by atoms with Gasteiger partial charge in [-0.15, -0.1) is 4.80 Å². The second kappa shape index (κ2) is 6.86. The van der Waals surface area contributed by atoms with Gasteiger partial charge in [-0.2, -0.15) is 15.3 Å². The molecule has 1 aliphatic heterocycles. The molecule has 31 heavy (non-hydrogen) atoms. The van der Waals surface area contributed by atoms with E-state index in [4.69, 9.17) is 27.9 Å². The first-order valence-electron chi connectivity index (χ1n) is 9.63. The minimum atomic E-state index is -0.893. The fraction of sp³-hybridized carbons (Fsp3) is 0.316. The van der Waals surface area contributed by atoms with E-state index in [1.165, 1.54) is 4.80 Å². The number of anilines is 1. The Hall–Kier alpha value is -2.79. The minimum absolute atomic E-state index is 0.218.